The largest absolute Gasteiger partial charge is 0.609 e. The van der Waals surface area contributed by atoms with Gasteiger partial charge in [-0.25, -0.2) is 0 Å². The Morgan fingerprint density at radius 1 is 1.03 bits per heavy atom. The van der Waals surface area contributed by atoms with E-state index >= 15 is 0 Å². The Morgan fingerprint density at radius 2 is 1.71 bits per heavy atom. The number of aromatic nitrogens is 1. The Labute approximate surface area is 208 Å². The molecular formula is C28H37BF2N3O. The van der Waals surface area contributed by atoms with Crippen LogP contribution in [0.25, 0.3) is 5.57 Å². The summed E-state index contributed by atoms with van der Waals surface area (Å²) in [5, 5.41) is 0. The summed E-state index contributed by atoms with van der Waals surface area (Å²) in [5.41, 5.74) is 6.80. The molecule has 2 aliphatic rings. The number of benzene rings is 1. The molecule has 2 aromatic rings. The highest BCUT2D eigenvalue weighted by Gasteiger charge is 2.33. The predicted molar refractivity (Wildman–Crippen MR) is 140 cm³/mol. The molecule has 1 radical (unpaired) electrons. The number of likely N-dealkylation sites (tertiary alicyclic amines) is 1. The van der Waals surface area contributed by atoms with Crippen molar-refractivity contribution in [2.75, 3.05) is 26.2 Å². The summed E-state index contributed by atoms with van der Waals surface area (Å²) in [5.74, 6) is 0.809. The lowest BCUT2D eigenvalue weighted by molar-refractivity contribution is -0.343. The van der Waals surface area contributed by atoms with E-state index in [4.69, 9.17) is 4.74 Å². The topological polar surface area (TPSA) is 20.4 Å². The third-order valence-electron chi connectivity index (χ3n) is 7.23. The van der Waals surface area contributed by atoms with Crippen LogP contribution in [0.5, 0.6) is 5.75 Å². The molecule has 1 aromatic carbocycles. The quantitative estimate of drug-likeness (QED) is 0.341. The van der Waals surface area contributed by atoms with Crippen molar-refractivity contribution in [3.63, 3.8) is 0 Å². The first-order chi connectivity index (χ1) is 16.8. The highest BCUT2D eigenvalue weighted by molar-refractivity contribution is 6.35. The number of hydrogen-bond donors (Lipinski definition) is 0. The minimum atomic E-state index is -2.61. The molecule has 1 saturated heterocycles. The van der Waals surface area contributed by atoms with E-state index in [1.54, 1.807) is 6.92 Å². The molecule has 0 saturated carbocycles. The van der Waals surface area contributed by atoms with Gasteiger partial charge in [0.05, 0.1) is 17.9 Å². The number of halogens is 2. The molecule has 4 rings (SSSR count). The second-order valence-electron chi connectivity index (χ2n) is 9.85. The van der Waals surface area contributed by atoms with Crippen molar-refractivity contribution >= 4 is 18.7 Å². The molecule has 0 aliphatic carbocycles. The van der Waals surface area contributed by atoms with Gasteiger partial charge in [0, 0.05) is 37.9 Å². The second-order valence-corrected chi connectivity index (χ2v) is 9.85. The Balaban J connectivity index is 1.62. The van der Waals surface area contributed by atoms with E-state index in [0.717, 1.165) is 56.9 Å². The molecule has 2 aliphatic heterocycles. The average Bonchev–Trinajstić information content (AvgIpc) is 3.27. The first-order valence-electron chi connectivity index (χ1n) is 12.7. The number of hydrogen-bond acceptors (Lipinski definition) is 2. The fraction of sp³-hybridized carbons (Fsp3) is 0.464. The second kappa shape index (κ2) is 10.9. The highest BCUT2D eigenvalue weighted by Crippen LogP contribution is 2.37. The van der Waals surface area contributed by atoms with Crippen LogP contribution in [0, 0.1) is 13.8 Å². The van der Waals surface area contributed by atoms with Gasteiger partial charge in [0.1, 0.15) is 11.5 Å². The van der Waals surface area contributed by atoms with Crippen molar-refractivity contribution in [2.24, 2.45) is 7.05 Å². The highest BCUT2D eigenvalue weighted by atomic mass is 19.2. The van der Waals surface area contributed by atoms with Crippen LogP contribution in [0.15, 0.2) is 47.7 Å². The number of aryl methyl sites for hydroxylation is 2. The van der Waals surface area contributed by atoms with Crippen LogP contribution in [0.2, 0.25) is 0 Å². The number of nitrogens with zero attached hydrogens (tertiary/aromatic N) is 3. The lowest BCUT2D eigenvalue weighted by atomic mass is 9.94. The molecule has 0 bridgehead atoms. The van der Waals surface area contributed by atoms with E-state index in [0.29, 0.717) is 18.0 Å². The zero-order valence-electron chi connectivity index (χ0n) is 21.7. The molecule has 4 nitrogen and oxygen atoms in total. The summed E-state index contributed by atoms with van der Waals surface area (Å²) in [6.07, 6.45) is 6.79. The lowest BCUT2D eigenvalue weighted by Crippen LogP contribution is -2.31. The molecular weight excluding hydrogens is 443 g/mol. The summed E-state index contributed by atoms with van der Waals surface area (Å²) < 4.78 is 37.6. The Bertz CT molecular complexity index is 1160. The Morgan fingerprint density at radius 3 is 2.31 bits per heavy atom. The van der Waals surface area contributed by atoms with Crippen LogP contribution in [0.3, 0.4) is 0 Å². The molecule has 0 spiro atoms. The molecule has 187 valence electrons. The normalized spacial score (nSPS) is 18.5. The molecule has 35 heavy (non-hydrogen) atoms. The van der Waals surface area contributed by atoms with E-state index < -0.39 is 7.40 Å². The molecule has 0 unspecified atom stereocenters. The van der Waals surface area contributed by atoms with Crippen LogP contribution in [-0.4, -0.2) is 53.3 Å². The van der Waals surface area contributed by atoms with Gasteiger partial charge in [0.25, 0.3) is 0 Å². The van der Waals surface area contributed by atoms with Gasteiger partial charge in [-0.15, -0.1) is 0 Å². The van der Waals surface area contributed by atoms with Gasteiger partial charge < -0.3 is 27.3 Å². The van der Waals surface area contributed by atoms with Crippen molar-refractivity contribution in [1.29, 1.82) is 0 Å². The zero-order valence-corrected chi connectivity index (χ0v) is 21.7. The van der Waals surface area contributed by atoms with Crippen LogP contribution in [0.1, 0.15) is 62.0 Å². The minimum absolute atomic E-state index is 0.558. The maximum Gasteiger partial charge on any atom is 0.609 e. The molecule has 3 heterocycles. The van der Waals surface area contributed by atoms with E-state index in [2.05, 4.69) is 15.5 Å². The van der Waals surface area contributed by atoms with Crippen molar-refractivity contribution in [1.82, 2.24) is 9.47 Å². The predicted octanol–water partition coefficient (Wildman–Crippen LogP) is 6.01. The summed E-state index contributed by atoms with van der Waals surface area (Å²) in [7, 11) is -0.618. The monoisotopic (exact) mass is 480 g/mol. The Hall–Kier alpha value is -2.67. The molecule has 0 atom stereocenters. The van der Waals surface area contributed by atoms with Crippen molar-refractivity contribution in [2.45, 2.75) is 53.4 Å². The minimum Gasteiger partial charge on any atom is -0.494 e. The number of rotatable bonds is 8. The van der Waals surface area contributed by atoms with Gasteiger partial charge in [-0.3, -0.25) is 0 Å². The summed E-state index contributed by atoms with van der Waals surface area (Å²) in [6, 6.07) is 10.0. The fourth-order valence-corrected chi connectivity index (χ4v) is 5.44. The van der Waals surface area contributed by atoms with Crippen molar-refractivity contribution in [3.8, 4) is 5.75 Å². The summed E-state index contributed by atoms with van der Waals surface area (Å²) in [6.45, 7) is 11.9. The number of ether oxygens (including phenoxy) is 1. The van der Waals surface area contributed by atoms with Gasteiger partial charge in [-0.05, 0) is 82.4 Å². The van der Waals surface area contributed by atoms with Crippen molar-refractivity contribution in [3.05, 3.63) is 70.2 Å². The maximum absolute atomic E-state index is 14.2. The van der Waals surface area contributed by atoms with Gasteiger partial charge in [-0.2, -0.15) is 0 Å². The van der Waals surface area contributed by atoms with E-state index in [-0.39, 0.29) is 0 Å². The van der Waals surface area contributed by atoms with Gasteiger partial charge in [-0.1, -0.05) is 18.6 Å². The SMILES string of the molecule is CC1=CC(C)=[N+]([B-](F)F)/C1=C(/c1ccc(OCCCN2CCCCC2)cc1)c1c(C)cc(C)n1C. The zero-order chi connectivity index (χ0) is 25.1. The van der Waals surface area contributed by atoms with Gasteiger partial charge >= 0.3 is 7.40 Å². The van der Waals surface area contributed by atoms with E-state index in [9.17, 15) is 8.63 Å². The first-order valence-corrected chi connectivity index (χ1v) is 12.7. The summed E-state index contributed by atoms with van der Waals surface area (Å²) in [4.78, 5) is 2.52. The number of piperidine rings is 1. The number of allylic oxidation sites excluding steroid dienone is 2. The molecule has 1 fully saturated rings. The molecule has 7 heteroatoms. The standard InChI is InChI=1S/C28H37BF2N3O/c1-20-18-22(3)32(5)27(20)26(28-21(2)19-23(4)34(28)29(30)31)24-10-12-25(13-11-24)35-17-9-16-33-14-7-6-8-15-33/h10-13,18-19H,6-9,14-17H2,1-5H3/b28-26-. The Kier molecular flexibility index (Phi) is 7.95. The van der Waals surface area contributed by atoms with Crippen LogP contribution in [-0.2, 0) is 7.05 Å². The van der Waals surface area contributed by atoms with Crippen LogP contribution < -0.4 is 4.74 Å². The fourth-order valence-electron chi connectivity index (χ4n) is 5.44. The first kappa shape index (κ1) is 25.4. The average molecular weight is 480 g/mol. The van der Waals surface area contributed by atoms with Crippen molar-refractivity contribution < 1.29 is 17.9 Å². The van der Waals surface area contributed by atoms with Crippen LogP contribution >= 0.6 is 0 Å². The molecule has 0 N–H and O–H groups in total. The smallest absolute Gasteiger partial charge is 0.494 e. The molecule has 0 amide bonds. The van der Waals surface area contributed by atoms with E-state index in [1.807, 2.05) is 58.2 Å². The van der Waals surface area contributed by atoms with Gasteiger partial charge in [0.2, 0.25) is 0 Å². The third kappa shape index (κ3) is 5.45. The molecule has 1 aromatic heterocycles. The summed E-state index contributed by atoms with van der Waals surface area (Å²) >= 11 is 0. The van der Waals surface area contributed by atoms with E-state index in [1.165, 1.54) is 32.4 Å². The van der Waals surface area contributed by atoms with Gasteiger partial charge in [0.15, 0.2) is 5.70 Å². The van der Waals surface area contributed by atoms with Crippen LogP contribution in [0.4, 0.5) is 8.63 Å². The maximum atomic E-state index is 14.2. The lowest BCUT2D eigenvalue weighted by Gasteiger charge is -2.26. The third-order valence-corrected chi connectivity index (χ3v) is 7.23.